The Balaban J connectivity index is 2.50. The Kier molecular flexibility index (Phi) is 27.7. The van der Waals surface area contributed by atoms with Gasteiger partial charge in [-0.05, 0) is 38.5 Å². The quantitative estimate of drug-likeness (QED) is 0.0247. The zero-order valence-corrected chi connectivity index (χ0v) is 32.3. The number of hydrogen-bond acceptors (Lipinski definition) is 11. The van der Waals surface area contributed by atoms with Crippen molar-refractivity contribution in [3.8, 4) is 0 Å². The lowest BCUT2D eigenvalue weighted by atomic mass is 10.00. The predicted octanol–water partition coefficient (Wildman–Crippen LogP) is 6.72. The van der Waals surface area contributed by atoms with Crippen LogP contribution in [0.4, 0.5) is 0 Å². The number of unbranched alkanes of at least 4 members (excludes halogenated alkanes) is 18. The summed E-state index contributed by atoms with van der Waals surface area (Å²) >= 11 is 0. The van der Waals surface area contributed by atoms with Crippen molar-refractivity contribution in [3.63, 3.8) is 0 Å². The van der Waals surface area contributed by atoms with Crippen LogP contribution in [0, 0.1) is 0 Å². The van der Waals surface area contributed by atoms with Crippen LogP contribution in [0.1, 0.15) is 162 Å². The molecular formula is C38H70O12S. The number of allylic oxidation sites excluding steroid dienone is 2. The summed E-state index contributed by atoms with van der Waals surface area (Å²) in [5, 5.41) is 30.7. The smallest absolute Gasteiger partial charge is 0.306 e. The van der Waals surface area contributed by atoms with Gasteiger partial charge in [0.25, 0.3) is 10.1 Å². The third kappa shape index (κ3) is 25.1. The first kappa shape index (κ1) is 47.4. The number of rotatable bonds is 32. The Labute approximate surface area is 307 Å². The van der Waals surface area contributed by atoms with E-state index in [9.17, 15) is 37.9 Å². The summed E-state index contributed by atoms with van der Waals surface area (Å²) in [6.45, 7) is 3.69. The van der Waals surface area contributed by atoms with Crippen LogP contribution in [-0.4, -0.2) is 96.0 Å². The third-order valence-electron chi connectivity index (χ3n) is 9.10. The van der Waals surface area contributed by atoms with Gasteiger partial charge in [-0.15, -0.1) is 0 Å². The van der Waals surface area contributed by atoms with Crippen molar-refractivity contribution in [2.75, 3.05) is 19.0 Å². The van der Waals surface area contributed by atoms with Gasteiger partial charge in [-0.1, -0.05) is 122 Å². The van der Waals surface area contributed by atoms with Gasteiger partial charge in [0.2, 0.25) is 0 Å². The number of ether oxygens (including phenoxy) is 4. The Morgan fingerprint density at radius 1 is 0.647 bits per heavy atom. The average Bonchev–Trinajstić information content (AvgIpc) is 3.09. The molecule has 4 N–H and O–H groups in total. The minimum absolute atomic E-state index is 0.157. The Morgan fingerprint density at radius 2 is 1.12 bits per heavy atom. The van der Waals surface area contributed by atoms with Crippen LogP contribution in [0.25, 0.3) is 0 Å². The number of aliphatic hydroxyl groups excluding tert-OH is 3. The van der Waals surface area contributed by atoms with E-state index in [1.165, 1.54) is 64.2 Å². The van der Waals surface area contributed by atoms with Crippen molar-refractivity contribution in [2.24, 2.45) is 0 Å². The molecule has 0 bridgehead atoms. The Hall–Kier alpha value is -1.61. The Morgan fingerprint density at radius 3 is 1.63 bits per heavy atom. The van der Waals surface area contributed by atoms with Gasteiger partial charge in [0.1, 0.15) is 36.8 Å². The standard InChI is InChI=1S/C38H70O12S/c1-3-5-7-9-11-13-14-15-16-17-18-19-21-23-25-27-34(40)49-31(28-47-33(39)26-24-22-20-12-10-8-6-4-2)29-48-38-37(43)36(42)35(41)32(50-38)30-51(44,45)46/h15-16,31-32,35-38,41-43H,3-14,17-30H2,1-2H3,(H,44,45,46)/b16-15+/t31-,32-,35-,36?,37?,38+/m1/s1. The fraction of sp³-hybridized carbons (Fsp3) is 0.895. The van der Waals surface area contributed by atoms with Crippen molar-refractivity contribution in [3.05, 3.63) is 12.2 Å². The highest BCUT2D eigenvalue weighted by atomic mass is 32.2. The normalized spacial score (nSPS) is 21.6. The first-order chi connectivity index (χ1) is 24.5. The van der Waals surface area contributed by atoms with Gasteiger partial charge in [-0.2, -0.15) is 8.42 Å². The van der Waals surface area contributed by atoms with Crippen molar-refractivity contribution < 1.29 is 56.8 Å². The lowest BCUT2D eigenvalue weighted by molar-refractivity contribution is -0.297. The fourth-order valence-corrected chi connectivity index (χ4v) is 6.65. The summed E-state index contributed by atoms with van der Waals surface area (Å²) in [4.78, 5) is 25.1. The van der Waals surface area contributed by atoms with Gasteiger partial charge in [0, 0.05) is 12.8 Å². The average molecular weight is 751 g/mol. The maximum absolute atomic E-state index is 12.7. The molecule has 0 amide bonds. The van der Waals surface area contributed by atoms with E-state index in [-0.39, 0.29) is 19.4 Å². The van der Waals surface area contributed by atoms with E-state index in [0.717, 1.165) is 57.8 Å². The monoisotopic (exact) mass is 750 g/mol. The molecule has 6 atom stereocenters. The summed E-state index contributed by atoms with van der Waals surface area (Å²) < 4.78 is 53.7. The SMILES string of the molecule is CCCCCCCC/C=C/CCCCCCCC(=O)O[C@H](COC(=O)CCCCCCCCCC)CO[C@H]1O[C@H](CS(=O)(=O)O)[C@@H](O)C(O)C1O. The molecule has 0 aliphatic carbocycles. The molecule has 1 heterocycles. The van der Waals surface area contributed by atoms with Crippen LogP contribution in [0.15, 0.2) is 12.2 Å². The molecule has 12 nitrogen and oxygen atoms in total. The van der Waals surface area contributed by atoms with Crippen LogP contribution < -0.4 is 0 Å². The lowest BCUT2D eigenvalue weighted by Gasteiger charge is -2.40. The van der Waals surface area contributed by atoms with E-state index in [4.69, 9.17) is 18.9 Å². The molecule has 1 fully saturated rings. The van der Waals surface area contributed by atoms with Crippen molar-refractivity contribution in [2.45, 2.75) is 198 Å². The van der Waals surface area contributed by atoms with Gasteiger partial charge in [0.15, 0.2) is 12.4 Å². The number of carbonyl (C=O) groups excluding carboxylic acids is 2. The van der Waals surface area contributed by atoms with Gasteiger partial charge < -0.3 is 34.3 Å². The molecule has 0 aromatic heterocycles. The molecule has 0 radical (unpaired) electrons. The molecule has 300 valence electrons. The number of aliphatic hydroxyl groups is 3. The van der Waals surface area contributed by atoms with Crippen LogP contribution in [0.5, 0.6) is 0 Å². The summed E-state index contributed by atoms with van der Waals surface area (Å²) in [6.07, 6.45) is 18.6. The van der Waals surface area contributed by atoms with Gasteiger partial charge >= 0.3 is 11.9 Å². The third-order valence-corrected chi connectivity index (χ3v) is 9.85. The summed E-state index contributed by atoms with van der Waals surface area (Å²) in [6, 6.07) is 0. The summed E-state index contributed by atoms with van der Waals surface area (Å²) in [7, 11) is -4.59. The van der Waals surface area contributed by atoms with Crippen LogP contribution in [0.3, 0.4) is 0 Å². The topological polar surface area (TPSA) is 186 Å². The minimum Gasteiger partial charge on any atom is -0.462 e. The van der Waals surface area contributed by atoms with E-state index in [1.54, 1.807) is 0 Å². The molecule has 0 aromatic rings. The van der Waals surface area contributed by atoms with E-state index >= 15 is 0 Å². The molecule has 1 saturated heterocycles. The molecule has 1 rings (SSSR count). The number of esters is 2. The zero-order valence-electron chi connectivity index (χ0n) is 31.5. The maximum atomic E-state index is 12.7. The number of carbonyl (C=O) groups is 2. The summed E-state index contributed by atoms with van der Waals surface area (Å²) in [5.41, 5.74) is 0. The molecule has 51 heavy (non-hydrogen) atoms. The molecule has 2 unspecified atom stereocenters. The fourth-order valence-electron chi connectivity index (χ4n) is 5.96. The van der Waals surface area contributed by atoms with E-state index in [2.05, 4.69) is 26.0 Å². The van der Waals surface area contributed by atoms with E-state index < -0.39 is 71.2 Å². The molecule has 0 aromatic carbocycles. The molecule has 0 spiro atoms. The Bertz CT molecular complexity index is 1020. The van der Waals surface area contributed by atoms with Crippen molar-refractivity contribution >= 4 is 22.1 Å². The molecule has 1 aliphatic heterocycles. The van der Waals surface area contributed by atoms with Crippen LogP contribution >= 0.6 is 0 Å². The van der Waals surface area contributed by atoms with Gasteiger partial charge in [-0.3, -0.25) is 14.1 Å². The number of hydrogen-bond donors (Lipinski definition) is 4. The van der Waals surface area contributed by atoms with Crippen LogP contribution in [-0.2, 0) is 38.7 Å². The van der Waals surface area contributed by atoms with E-state index in [0.29, 0.717) is 12.8 Å². The van der Waals surface area contributed by atoms with Gasteiger partial charge in [0.05, 0.1) is 6.61 Å². The largest absolute Gasteiger partial charge is 0.462 e. The summed E-state index contributed by atoms with van der Waals surface area (Å²) in [5.74, 6) is -1.99. The maximum Gasteiger partial charge on any atom is 0.306 e. The second-order valence-corrected chi connectivity index (χ2v) is 15.4. The second-order valence-electron chi connectivity index (χ2n) is 14.0. The molecular weight excluding hydrogens is 680 g/mol. The van der Waals surface area contributed by atoms with E-state index in [1.807, 2.05) is 0 Å². The van der Waals surface area contributed by atoms with Gasteiger partial charge in [-0.25, -0.2) is 0 Å². The highest BCUT2D eigenvalue weighted by Gasteiger charge is 2.46. The highest BCUT2D eigenvalue weighted by molar-refractivity contribution is 7.85. The van der Waals surface area contributed by atoms with Crippen LogP contribution in [0.2, 0.25) is 0 Å². The highest BCUT2D eigenvalue weighted by Crippen LogP contribution is 2.24. The predicted molar refractivity (Wildman–Crippen MR) is 197 cm³/mol. The lowest BCUT2D eigenvalue weighted by Crippen LogP contribution is -2.60. The zero-order chi connectivity index (χ0) is 37.7. The van der Waals surface area contributed by atoms with Crippen molar-refractivity contribution in [1.29, 1.82) is 0 Å². The first-order valence-electron chi connectivity index (χ1n) is 19.7. The van der Waals surface area contributed by atoms with Crippen molar-refractivity contribution in [1.82, 2.24) is 0 Å². The minimum atomic E-state index is -4.59. The molecule has 1 aliphatic rings. The second kappa shape index (κ2) is 29.8. The molecule has 0 saturated carbocycles. The molecule has 13 heteroatoms. The first-order valence-corrected chi connectivity index (χ1v) is 21.4.